The number of carbonyl (C=O) groups is 1. The summed E-state index contributed by atoms with van der Waals surface area (Å²) in [5, 5.41) is 3.37. The van der Waals surface area contributed by atoms with Gasteiger partial charge in [-0.3, -0.25) is 9.78 Å². The molecule has 1 aromatic heterocycles. The summed E-state index contributed by atoms with van der Waals surface area (Å²) in [4.78, 5) is 19.6. The fourth-order valence-electron chi connectivity index (χ4n) is 3.50. The lowest BCUT2D eigenvalue weighted by atomic mass is 10.0. The summed E-state index contributed by atoms with van der Waals surface area (Å²) in [5.74, 6) is 1.52. The molecule has 1 aromatic carbocycles. The molecule has 7 nitrogen and oxygen atoms in total. The second-order valence-corrected chi connectivity index (χ2v) is 6.61. The predicted octanol–water partition coefficient (Wildman–Crippen LogP) is 3.06. The molecule has 3 rings (SSSR count). The summed E-state index contributed by atoms with van der Waals surface area (Å²) >= 11 is 0. The van der Waals surface area contributed by atoms with E-state index in [0.29, 0.717) is 55.7 Å². The molecular weight excluding hydrogens is 370 g/mol. The number of carbonyl (C=O) groups excluding carboxylic acids is 1. The van der Waals surface area contributed by atoms with Crippen molar-refractivity contribution >= 4 is 5.91 Å². The van der Waals surface area contributed by atoms with E-state index in [4.69, 9.17) is 14.2 Å². The van der Waals surface area contributed by atoms with E-state index in [9.17, 15) is 4.79 Å². The van der Waals surface area contributed by atoms with Crippen LogP contribution in [0.4, 0.5) is 0 Å². The van der Waals surface area contributed by atoms with Gasteiger partial charge in [-0.2, -0.15) is 0 Å². The van der Waals surface area contributed by atoms with Crippen LogP contribution < -0.4 is 19.5 Å². The van der Waals surface area contributed by atoms with Crippen LogP contribution >= 0.6 is 0 Å². The molecule has 0 aliphatic carbocycles. The molecule has 0 bridgehead atoms. The summed E-state index contributed by atoms with van der Waals surface area (Å²) in [7, 11) is 0. The van der Waals surface area contributed by atoms with Crippen molar-refractivity contribution in [2.45, 2.75) is 26.8 Å². The maximum Gasteiger partial charge on any atom is 0.254 e. The van der Waals surface area contributed by atoms with Crippen LogP contribution in [0.2, 0.25) is 0 Å². The van der Waals surface area contributed by atoms with Gasteiger partial charge in [0.1, 0.15) is 0 Å². The number of aromatic nitrogens is 1. The van der Waals surface area contributed by atoms with Crippen molar-refractivity contribution in [2.75, 3.05) is 39.5 Å². The number of piperazine rings is 1. The number of rotatable bonds is 8. The minimum absolute atomic E-state index is 0.0645. The summed E-state index contributed by atoms with van der Waals surface area (Å²) in [6, 6.07) is 7.32. The van der Waals surface area contributed by atoms with Crippen molar-refractivity contribution in [1.29, 1.82) is 0 Å². The fourth-order valence-corrected chi connectivity index (χ4v) is 3.50. The lowest BCUT2D eigenvalue weighted by molar-refractivity contribution is 0.0633. The Hall–Kier alpha value is -2.80. The van der Waals surface area contributed by atoms with Crippen molar-refractivity contribution in [3.8, 4) is 17.2 Å². The van der Waals surface area contributed by atoms with Crippen molar-refractivity contribution in [3.05, 3.63) is 47.8 Å². The number of nitrogens with one attached hydrogen (secondary N) is 1. The average Bonchev–Trinajstić information content (AvgIpc) is 2.76. The van der Waals surface area contributed by atoms with Crippen LogP contribution in [0.15, 0.2) is 36.7 Å². The molecule has 1 N–H and O–H groups in total. The Morgan fingerprint density at radius 2 is 1.83 bits per heavy atom. The van der Waals surface area contributed by atoms with Crippen molar-refractivity contribution in [1.82, 2.24) is 15.2 Å². The molecular formula is C22H29N3O4. The number of ether oxygens (including phenoxy) is 3. The topological polar surface area (TPSA) is 72.9 Å². The van der Waals surface area contributed by atoms with Crippen molar-refractivity contribution < 1.29 is 19.0 Å². The van der Waals surface area contributed by atoms with Gasteiger partial charge in [-0.05, 0) is 44.5 Å². The van der Waals surface area contributed by atoms with Crippen LogP contribution in [0.1, 0.15) is 42.7 Å². The maximum atomic E-state index is 13.5. The summed E-state index contributed by atoms with van der Waals surface area (Å²) in [5.41, 5.74) is 1.53. The zero-order valence-corrected chi connectivity index (χ0v) is 17.3. The predicted molar refractivity (Wildman–Crippen MR) is 111 cm³/mol. The molecule has 2 heterocycles. The molecule has 1 aliphatic heterocycles. The highest BCUT2D eigenvalue weighted by atomic mass is 16.5. The zero-order chi connectivity index (χ0) is 20.6. The van der Waals surface area contributed by atoms with Crippen LogP contribution in [-0.4, -0.2) is 55.2 Å². The summed E-state index contributed by atoms with van der Waals surface area (Å²) < 4.78 is 17.3. The highest BCUT2D eigenvalue weighted by molar-refractivity contribution is 5.96. The first-order valence-electron chi connectivity index (χ1n) is 10.2. The largest absolute Gasteiger partial charge is 0.490 e. The molecule has 1 saturated heterocycles. The van der Waals surface area contributed by atoms with Gasteiger partial charge < -0.3 is 24.4 Å². The molecule has 29 heavy (non-hydrogen) atoms. The van der Waals surface area contributed by atoms with Crippen LogP contribution in [-0.2, 0) is 0 Å². The number of nitrogens with zero attached hydrogens (tertiary/aromatic N) is 2. The van der Waals surface area contributed by atoms with E-state index in [1.165, 1.54) is 0 Å². The third kappa shape index (κ3) is 4.79. The first kappa shape index (κ1) is 20.9. The number of hydrogen-bond acceptors (Lipinski definition) is 6. The van der Waals surface area contributed by atoms with Gasteiger partial charge in [0.05, 0.1) is 25.9 Å². The quantitative estimate of drug-likeness (QED) is 0.736. The van der Waals surface area contributed by atoms with Gasteiger partial charge in [0, 0.05) is 37.6 Å². The molecule has 0 saturated carbocycles. The van der Waals surface area contributed by atoms with Gasteiger partial charge in [-0.25, -0.2) is 0 Å². The minimum Gasteiger partial charge on any atom is -0.490 e. The van der Waals surface area contributed by atoms with E-state index >= 15 is 0 Å². The molecule has 1 fully saturated rings. The van der Waals surface area contributed by atoms with E-state index in [2.05, 4.69) is 10.3 Å². The van der Waals surface area contributed by atoms with Gasteiger partial charge in [-0.15, -0.1) is 0 Å². The highest BCUT2D eigenvalue weighted by Gasteiger charge is 2.30. The normalized spacial score (nSPS) is 16.4. The number of hydrogen-bond donors (Lipinski definition) is 1. The van der Waals surface area contributed by atoms with Crippen LogP contribution in [0.25, 0.3) is 0 Å². The third-order valence-electron chi connectivity index (χ3n) is 4.73. The molecule has 0 spiro atoms. The molecule has 1 aliphatic rings. The minimum atomic E-state index is -0.0809. The van der Waals surface area contributed by atoms with E-state index in [0.717, 1.165) is 12.1 Å². The Morgan fingerprint density at radius 1 is 1.14 bits per heavy atom. The maximum absolute atomic E-state index is 13.5. The van der Waals surface area contributed by atoms with E-state index in [-0.39, 0.29) is 11.9 Å². The smallest absolute Gasteiger partial charge is 0.254 e. The highest BCUT2D eigenvalue weighted by Crippen LogP contribution is 2.40. The number of benzene rings is 1. The molecule has 7 heteroatoms. The van der Waals surface area contributed by atoms with Crippen LogP contribution in [0, 0.1) is 0 Å². The van der Waals surface area contributed by atoms with E-state index in [1.54, 1.807) is 18.3 Å². The Balaban J connectivity index is 1.98. The van der Waals surface area contributed by atoms with Gasteiger partial charge >= 0.3 is 0 Å². The van der Waals surface area contributed by atoms with E-state index in [1.807, 2.05) is 44.0 Å². The molecule has 156 valence electrons. The Morgan fingerprint density at radius 3 is 2.41 bits per heavy atom. The molecule has 1 amide bonds. The average molecular weight is 399 g/mol. The Kier molecular flexibility index (Phi) is 7.30. The van der Waals surface area contributed by atoms with E-state index < -0.39 is 0 Å². The standard InChI is InChI=1S/C22H29N3O4/c1-4-27-19-12-17(13-20(28-5-2)21(19)29-6-3)22(26)25-11-10-24-15-18(25)16-8-7-9-23-14-16/h7-9,12-14,18,24H,4-6,10-11,15H2,1-3H3. The number of pyridine rings is 1. The number of amides is 1. The van der Waals surface area contributed by atoms with Crippen LogP contribution in [0.3, 0.4) is 0 Å². The van der Waals surface area contributed by atoms with Crippen molar-refractivity contribution in [3.63, 3.8) is 0 Å². The lowest BCUT2D eigenvalue weighted by Gasteiger charge is -2.36. The fraction of sp³-hybridized carbons (Fsp3) is 0.455. The Labute approximate surface area is 172 Å². The first-order valence-corrected chi connectivity index (χ1v) is 10.2. The summed E-state index contributed by atoms with van der Waals surface area (Å²) in [6.45, 7) is 9.17. The Bertz CT molecular complexity index is 786. The first-order chi connectivity index (χ1) is 14.2. The van der Waals surface area contributed by atoms with Crippen LogP contribution in [0.5, 0.6) is 17.2 Å². The van der Waals surface area contributed by atoms with Gasteiger partial charge in [0.25, 0.3) is 5.91 Å². The van der Waals surface area contributed by atoms with Gasteiger partial charge in [0.2, 0.25) is 5.75 Å². The lowest BCUT2D eigenvalue weighted by Crippen LogP contribution is -2.48. The van der Waals surface area contributed by atoms with Gasteiger partial charge in [-0.1, -0.05) is 6.07 Å². The summed E-state index contributed by atoms with van der Waals surface area (Å²) in [6.07, 6.45) is 3.55. The molecule has 1 atom stereocenters. The molecule has 2 aromatic rings. The molecule has 1 unspecified atom stereocenters. The zero-order valence-electron chi connectivity index (χ0n) is 17.3. The van der Waals surface area contributed by atoms with Gasteiger partial charge in [0.15, 0.2) is 11.5 Å². The second kappa shape index (κ2) is 10.1. The second-order valence-electron chi connectivity index (χ2n) is 6.61. The monoisotopic (exact) mass is 399 g/mol. The molecule has 0 radical (unpaired) electrons. The SMILES string of the molecule is CCOc1cc(C(=O)N2CCNCC2c2cccnc2)cc(OCC)c1OCC. The van der Waals surface area contributed by atoms with Crippen molar-refractivity contribution in [2.24, 2.45) is 0 Å². The third-order valence-corrected chi connectivity index (χ3v) is 4.73.